The Labute approximate surface area is 167 Å². The Kier molecular flexibility index (Phi) is 6.91. The Morgan fingerprint density at radius 1 is 1.25 bits per heavy atom. The smallest absolute Gasteiger partial charge is 0.311 e. The van der Waals surface area contributed by atoms with Crippen LogP contribution < -0.4 is 5.43 Å². The Morgan fingerprint density at radius 2 is 1.96 bits per heavy atom. The first-order chi connectivity index (χ1) is 13.0. The van der Waals surface area contributed by atoms with E-state index in [0.29, 0.717) is 17.4 Å². The summed E-state index contributed by atoms with van der Waals surface area (Å²) in [6.45, 7) is 2.01. The van der Waals surface area contributed by atoms with Crippen molar-refractivity contribution in [1.82, 2.24) is 4.98 Å². The second-order valence-corrected chi connectivity index (χ2v) is 10.6. The van der Waals surface area contributed by atoms with Crippen LogP contribution in [0.1, 0.15) is 18.2 Å². The van der Waals surface area contributed by atoms with Crippen LogP contribution in [-0.2, 0) is 35.6 Å². The van der Waals surface area contributed by atoms with Gasteiger partial charge in [0, 0.05) is 23.5 Å². The molecule has 0 aliphatic rings. The number of sulfone groups is 2. The van der Waals surface area contributed by atoms with Gasteiger partial charge in [-0.2, -0.15) is 5.10 Å². The molecule has 0 atom stereocenters. The molecule has 12 heteroatoms. The first-order valence-corrected chi connectivity index (χ1v) is 12.6. The third-order valence-electron chi connectivity index (χ3n) is 3.36. The summed E-state index contributed by atoms with van der Waals surface area (Å²) in [7, 11) is -7.22. The molecule has 0 unspecified atom stereocenters. The van der Waals surface area contributed by atoms with Crippen molar-refractivity contribution in [3.05, 3.63) is 34.8 Å². The molecule has 1 aromatic carbocycles. The molecule has 2 aromatic rings. The minimum atomic E-state index is -3.67. The average Bonchev–Trinajstić information content (AvgIpc) is 3.00. The summed E-state index contributed by atoms with van der Waals surface area (Å²) in [6.07, 6.45) is 3.29. The van der Waals surface area contributed by atoms with E-state index in [9.17, 15) is 21.6 Å². The standard InChI is InChI=1S/C16H19N3O6S3/c1-4-25-15(20)7-12-10-26-16(18-12)19-17-9-11-5-6-13(27(2,21)22)8-14(11)28(3,23)24/h5-6,8-10H,4,7H2,1-3H3,(H,18,19). The number of anilines is 1. The molecule has 2 rings (SSSR count). The fraction of sp³-hybridized carbons (Fsp3) is 0.312. The molecule has 1 aromatic heterocycles. The van der Waals surface area contributed by atoms with Crippen molar-refractivity contribution in [2.24, 2.45) is 5.10 Å². The summed E-state index contributed by atoms with van der Waals surface area (Å²) in [5.74, 6) is -0.383. The lowest BCUT2D eigenvalue weighted by Gasteiger charge is -2.06. The molecule has 1 N–H and O–H groups in total. The maximum Gasteiger partial charge on any atom is 0.311 e. The lowest BCUT2D eigenvalue weighted by Crippen LogP contribution is -2.07. The molecule has 0 fully saturated rings. The Balaban J connectivity index is 2.18. The molecule has 0 spiro atoms. The SMILES string of the molecule is CCOC(=O)Cc1csc(NN=Cc2ccc(S(C)(=O)=O)cc2S(C)(=O)=O)n1. The maximum absolute atomic E-state index is 12.0. The molecule has 152 valence electrons. The molecule has 9 nitrogen and oxygen atoms in total. The van der Waals surface area contributed by atoms with E-state index in [4.69, 9.17) is 4.74 Å². The number of hydrogen-bond donors (Lipinski definition) is 1. The quantitative estimate of drug-likeness (QED) is 0.367. The highest BCUT2D eigenvalue weighted by Crippen LogP contribution is 2.20. The van der Waals surface area contributed by atoms with Crippen molar-refractivity contribution < 1.29 is 26.4 Å². The summed E-state index contributed by atoms with van der Waals surface area (Å²) in [5.41, 5.74) is 3.41. The van der Waals surface area contributed by atoms with Crippen LogP contribution in [-0.4, -0.2) is 53.1 Å². The van der Waals surface area contributed by atoms with Crippen LogP contribution >= 0.6 is 11.3 Å². The Morgan fingerprint density at radius 3 is 2.57 bits per heavy atom. The fourth-order valence-electron chi connectivity index (χ4n) is 2.13. The average molecular weight is 446 g/mol. The van der Waals surface area contributed by atoms with Crippen LogP contribution in [0.3, 0.4) is 0 Å². The van der Waals surface area contributed by atoms with Gasteiger partial charge in [0.05, 0.1) is 34.7 Å². The molecule has 0 aliphatic carbocycles. The monoisotopic (exact) mass is 445 g/mol. The largest absolute Gasteiger partial charge is 0.466 e. The predicted octanol–water partition coefficient (Wildman–Crippen LogP) is 1.50. The third kappa shape index (κ3) is 6.11. The number of carbonyl (C=O) groups excluding carboxylic acids is 1. The minimum absolute atomic E-state index is 0.0426. The van der Waals surface area contributed by atoms with Gasteiger partial charge in [-0.1, -0.05) is 6.07 Å². The highest BCUT2D eigenvalue weighted by atomic mass is 32.2. The van der Waals surface area contributed by atoms with Gasteiger partial charge in [0.25, 0.3) is 0 Å². The minimum Gasteiger partial charge on any atom is -0.466 e. The number of nitrogens with one attached hydrogen (secondary N) is 1. The molecule has 0 aliphatic heterocycles. The molecule has 0 saturated heterocycles. The van der Waals surface area contributed by atoms with Gasteiger partial charge in [-0.25, -0.2) is 21.8 Å². The number of esters is 1. The number of rotatable bonds is 8. The van der Waals surface area contributed by atoms with Gasteiger partial charge in [-0.05, 0) is 19.1 Å². The van der Waals surface area contributed by atoms with Crippen LogP contribution in [0.4, 0.5) is 5.13 Å². The number of ether oxygens (including phenoxy) is 1. The molecule has 1 heterocycles. The first-order valence-electron chi connectivity index (χ1n) is 7.94. The summed E-state index contributed by atoms with van der Waals surface area (Å²) in [5, 5.41) is 6.03. The zero-order chi connectivity index (χ0) is 20.9. The van der Waals surface area contributed by atoms with Crippen molar-refractivity contribution in [3.63, 3.8) is 0 Å². The van der Waals surface area contributed by atoms with Crippen molar-refractivity contribution in [2.45, 2.75) is 23.1 Å². The van der Waals surface area contributed by atoms with Gasteiger partial charge >= 0.3 is 5.97 Å². The van der Waals surface area contributed by atoms with Crippen molar-refractivity contribution in [3.8, 4) is 0 Å². The molecule has 0 saturated carbocycles. The van der Waals surface area contributed by atoms with Gasteiger partial charge in [0.2, 0.25) is 5.13 Å². The third-order valence-corrected chi connectivity index (χ3v) is 6.42. The molecule has 28 heavy (non-hydrogen) atoms. The van der Waals surface area contributed by atoms with Crippen LogP contribution in [0.2, 0.25) is 0 Å². The maximum atomic E-state index is 12.0. The summed E-state index contributed by atoms with van der Waals surface area (Å²) in [4.78, 5) is 15.4. The van der Waals surface area contributed by atoms with E-state index in [1.165, 1.54) is 29.7 Å². The summed E-state index contributed by atoms with van der Waals surface area (Å²) >= 11 is 1.22. The number of carbonyl (C=O) groups is 1. The van der Waals surface area contributed by atoms with E-state index >= 15 is 0 Å². The molecular formula is C16H19N3O6S3. The Bertz CT molecular complexity index is 1100. The van der Waals surface area contributed by atoms with E-state index in [-0.39, 0.29) is 27.7 Å². The van der Waals surface area contributed by atoms with Crippen molar-refractivity contribution >= 4 is 48.3 Å². The second kappa shape index (κ2) is 8.80. The summed E-state index contributed by atoms with van der Waals surface area (Å²) in [6, 6.07) is 3.78. The number of hydrazone groups is 1. The van der Waals surface area contributed by atoms with Crippen molar-refractivity contribution in [1.29, 1.82) is 0 Å². The number of benzene rings is 1. The van der Waals surface area contributed by atoms with Crippen LogP contribution in [0.5, 0.6) is 0 Å². The van der Waals surface area contributed by atoms with Crippen LogP contribution in [0, 0.1) is 0 Å². The normalized spacial score (nSPS) is 12.2. The number of aromatic nitrogens is 1. The van der Waals surface area contributed by atoms with Gasteiger partial charge in [0.15, 0.2) is 19.7 Å². The molecule has 0 radical (unpaired) electrons. The molecule has 0 amide bonds. The fourth-order valence-corrected chi connectivity index (χ4v) is 4.40. The van der Waals surface area contributed by atoms with E-state index in [2.05, 4.69) is 15.5 Å². The first kappa shape index (κ1) is 22.0. The number of nitrogens with zero attached hydrogens (tertiary/aromatic N) is 2. The number of thiazole rings is 1. The van der Waals surface area contributed by atoms with Gasteiger partial charge in [-0.3, -0.25) is 10.2 Å². The van der Waals surface area contributed by atoms with Crippen LogP contribution in [0.25, 0.3) is 0 Å². The number of hydrogen-bond acceptors (Lipinski definition) is 10. The van der Waals surface area contributed by atoms with E-state index in [1.807, 2.05) is 0 Å². The van der Waals surface area contributed by atoms with Crippen molar-refractivity contribution in [2.75, 3.05) is 24.5 Å². The van der Waals surface area contributed by atoms with Gasteiger partial charge in [0.1, 0.15) is 0 Å². The van der Waals surface area contributed by atoms with E-state index in [1.54, 1.807) is 12.3 Å². The molecule has 0 bridgehead atoms. The zero-order valence-corrected chi connectivity index (χ0v) is 17.8. The molecular weight excluding hydrogens is 426 g/mol. The van der Waals surface area contributed by atoms with Gasteiger partial charge < -0.3 is 4.74 Å². The highest BCUT2D eigenvalue weighted by Gasteiger charge is 2.17. The Hall–Kier alpha value is -2.31. The topological polar surface area (TPSA) is 132 Å². The van der Waals surface area contributed by atoms with E-state index in [0.717, 1.165) is 18.6 Å². The second-order valence-electron chi connectivity index (χ2n) is 5.74. The van der Waals surface area contributed by atoms with Crippen LogP contribution in [0.15, 0.2) is 38.5 Å². The lowest BCUT2D eigenvalue weighted by atomic mass is 10.2. The zero-order valence-electron chi connectivity index (χ0n) is 15.4. The lowest BCUT2D eigenvalue weighted by molar-refractivity contribution is -0.142. The predicted molar refractivity (Wildman–Crippen MR) is 106 cm³/mol. The van der Waals surface area contributed by atoms with E-state index < -0.39 is 19.7 Å². The highest BCUT2D eigenvalue weighted by molar-refractivity contribution is 7.91. The van der Waals surface area contributed by atoms with Gasteiger partial charge in [-0.15, -0.1) is 11.3 Å². The summed E-state index contributed by atoms with van der Waals surface area (Å²) < 4.78 is 52.2.